The number of hydrogen-bond acceptors (Lipinski definition) is 4. The average molecular weight is 352 g/mol. The number of amides is 1. The SMILES string of the molecule is COc1ccccc1C(=O)N1CCCC[C@@H]1c1cc(=O)n2ccnc2[nH]1. The van der Waals surface area contributed by atoms with Crippen molar-refractivity contribution in [3.63, 3.8) is 0 Å². The number of carbonyl (C=O) groups excluding carboxylic acids is 1. The molecule has 0 radical (unpaired) electrons. The van der Waals surface area contributed by atoms with E-state index in [1.807, 2.05) is 17.0 Å². The predicted octanol–water partition coefficient (Wildman–Crippen LogP) is 2.40. The number of H-pyrrole nitrogens is 1. The van der Waals surface area contributed by atoms with E-state index in [1.54, 1.807) is 37.7 Å². The molecular formula is C19H20N4O3. The van der Waals surface area contributed by atoms with Gasteiger partial charge in [0.05, 0.1) is 18.7 Å². The second-order valence-electron chi connectivity index (χ2n) is 6.39. The Kier molecular flexibility index (Phi) is 4.20. The molecule has 134 valence electrons. The topological polar surface area (TPSA) is 79.7 Å². The van der Waals surface area contributed by atoms with Crippen molar-refractivity contribution < 1.29 is 9.53 Å². The number of aromatic amines is 1. The molecule has 4 rings (SSSR count). The zero-order valence-corrected chi connectivity index (χ0v) is 14.5. The first-order valence-corrected chi connectivity index (χ1v) is 8.69. The Bertz CT molecular complexity index is 1010. The highest BCUT2D eigenvalue weighted by Gasteiger charge is 2.31. The number of ether oxygens (including phenoxy) is 1. The van der Waals surface area contributed by atoms with Crippen LogP contribution >= 0.6 is 0 Å². The van der Waals surface area contributed by atoms with E-state index < -0.39 is 0 Å². The molecule has 26 heavy (non-hydrogen) atoms. The van der Waals surface area contributed by atoms with Gasteiger partial charge in [0.1, 0.15) is 5.75 Å². The number of carbonyl (C=O) groups is 1. The van der Waals surface area contributed by atoms with Crippen LogP contribution in [-0.2, 0) is 0 Å². The van der Waals surface area contributed by atoms with Crippen LogP contribution in [-0.4, -0.2) is 38.8 Å². The second-order valence-corrected chi connectivity index (χ2v) is 6.39. The minimum atomic E-state index is -0.185. The van der Waals surface area contributed by atoms with Gasteiger partial charge in [0.15, 0.2) is 0 Å². The number of para-hydroxylation sites is 1. The molecule has 1 aliphatic rings. The maximum atomic E-state index is 13.2. The lowest BCUT2D eigenvalue weighted by Gasteiger charge is -2.36. The standard InChI is InChI=1S/C19H20N4O3/c1-26-16-8-3-2-6-13(16)18(25)22-10-5-4-7-15(22)14-12-17(24)23-11-9-20-19(23)21-14/h2-3,6,8-9,11-12,15H,4-5,7,10H2,1H3,(H,20,21)/t15-/m1/s1. The number of fused-ring (bicyclic) bond motifs is 1. The van der Waals surface area contributed by atoms with Crippen molar-refractivity contribution >= 4 is 11.7 Å². The summed E-state index contributed by atoms with van der Waals surface area (Å²) in [7, 11) is 1.56. The monoisotopic (exact) mass is 352 g/mol. The summed E-state index contributed by atoms with van der Waals surface area (Å²) in [6, 6.07) is 8.60. The number of piperidine rings is 1. The van der Waals surface area contributed by atoms with E-state index in [4.69, 9.17) is 4.74 Å². The molecule has 3 aromatic rings. The van der Waals surface area contributed by atoms with Crippen LogP contribution in [0.3, 0.4) is 0 Å². The normalized spacial score (nSPS) is 17.4. The van der Waals surface area contributed by atoms with Crippen molar-refractivity contribution in [1.82, 2.24) is 19.3 Å². The zero-order chi connectivity index (χ0) is 18.1. The maximum absolute atomic E-state index is 13.2. The summed E-state index contributed by atoms with van der Waals surface area (Å²) in [4.78, 5) is 34.7. The summed E-state index contributed by atoms with van der Waals surface area (Å²) in [6.07, 6.45) is 5.94. The lowest BCUT2D eigenvalue weighted by Crippen LogP contribution is -2.39. The molecule has 7 heteroatoms. The van der Waals surface area contributed by atoms with Crippen molar-refractivity contribution in [2.75, 3.05) is 13.7 Å². The van der Waals surface area contributed by atoms with Crippen LogP contribution in [0.5, 0.6) is 5.75 Å². The van der Waals surface area contributed by atoms with E-state index in [1.165, 1.54) is 4.40 Å². The molecule has 0 unspecified atom stereocenters. The number of methoxy groups -OCH3 is 1. The highest BCUT2D eigenvalue weighted by atomic mass is 16.5. The summed E-state index contributed by atoms with van der Waals surface area (Å²) in [6.45, 7) is 0.642. The number of likely N-dealkylation sites (tertiary alicyclic amines) is 1. The molecule has 0 spiro atoms. The number of benzene rings is 1. The predicted molar refractivity (Wildman–Crippen MR) is 96.4 cm³/mol. The Morgan fingerprint density at radius 3 is 3.00 bits per heavy atom. The summed E-state index contributed by atoms with van der Waals surface area (Å²) >= 11 is 0. The van der Waals surface area contributed by atoms with Crippen molar-refractivity contribution in [2.24, 2.45) is 0 Å². The summed E-state index contributed by atoms with van der Waals surface area (Å²) in [5, 5.41) is 0. The van der Waals surface area contributed by atoms with E-state index in [-0.39, 0.29) is 17.5 Å². The molecule has 0 aliphatic carbocycles. The fourth-order valence-electron chi connectivity index (χ4n) is 3.60. The first kappa shape index (κ1) is 16.4. The lowest BCUT2D eigenvalue weighted by molar-refractivity contribution is 0.0602. The molecule has 3 heterocycles. The molecule has 1 N–H and O–H groups in total. The Balaban J connectivity index is 1.74. The number of hydrogen-bond donors (Lipinski definition) is 1. The molecule has 1 amide bonds. The van der Waals surface area contributed by atoms with Gasteiger partial charge in [-0.1, -0.05) is 12.1 Å². The van der Waals surface area contributed by atoms with Gasteiger partial charge >= 0.3 is 0 Å². The van der Waals surface area contributed by atoms with Gasteiger partial charge in [0.25, 0.3) is 11.5 Å². The number of rotatable bonds is 3. The van der Waals surface area contributed by atoms with E-state index in [0.29, 0.717) is 23.6 Å². The minimum Gasteiger partial charge on any atom is -0.496 e. The lowest BCUT2D eigenvalue weighted by atomic mass is 9.97. The van der Waals surface area contributed by atoms with Crippen LogP contribution in [0, 0.1) is 0 Å². The third kappa shape index (κ3) is 2.75. The Labute approximate surface area is 150 Å². The fraction of sp³-hybridized carbons (Fsp3) is 0.316. The third-order valence-electron chi connectivity index (χ3n) is 4.87. The number of aromatic nitrogens is 3. The van der Waals surface area contributed by atoms with Crippen molar-refractivity contribution in [2.45, 2.75) is 25.3 Å². The van der Waals surface area contributed by atoms with Gasteiger partial charge in [-0.05, 0) is 31.4 Å². The van der Waals surface area contributed by atoms with Crippen LogP contribution in [0.25, 0.3) is 5.78 Å². The van der Waals surface area contributed by atoms with Gasteiger partial charge in [0, 0.05) is 30.7 Å². The van der Waals surface area contributed by atoms with Crippen molar-refractivity contribution in [3.05, 3.63) is 64.3 Å². The van der Waals surface area contributed by atoms with Gasteiger partial charge in [-0.25, -0.2) is 4.98 Å². The Hall–Kier alpha value is -3.09. The smallest absolute Gasteiger partial charge is 0.259 e. The Morgan fingerprint density at radius 1 is 1.31 bits per heavy atom. The average Bonchev–Trinajstić information content (AvgIpc) is 3.16. The van der Waals surface area contributed by atoms with Gasteiger partial charge in [-0.3, -0.25) is 14.0 Å². The van der Waals surface area contributed by atoms with Crippen molar-refractivity contribution in [3.8, 4) is 5.75 Å². The molecule has 1 saturated heterocycles. The van der Waals surface area contributed by atoms with E-state index in [2.05, 4.69) is 9.97 Å². The molecule has 1 fully saturated rings. The molecule has 0 saturated carbocycles. The molecule has 1 aliphatic heterocycles. The molecular weight excluding hydrogens is 332 g/mol. The van der Waals surface area contributed by atoms with Crippen LogP contribution in [0.2, 0.25) is 0 Å². The summed E-state index contributed by atoms with van der Waals surface area (Å²) < 4.78 is 6.80. The van der Waals surface area contributed by atoms with Gasteiger partial charge in [0.2, 0.25) is 5.78 Å². The Morgan fingerprint density at radius 2 is 2.15 bits per heavy atom. The van der Waals surface area contributed by atoms with E-state index >= 15 is 0 Å². The molecule has 1 aromatic carbocycles. The fourth-order valence-corrected chi connectivity index (χ4v) is 3.60. The van der Waals surface area contributed by atoms with E-state index in [9.17, 15) is 9.59 Å². The highest BCUT2D eigenvalue weighted by molar-refractivity contribution is 5.97. The van der Waals surface area contributed by atoms with Crippen molar-refractivity contribution in [1.29, 1.82) is 0 Å². The molecule has 7 nitrogen and oxygen atoms in total. The number of nitrogens with one attached hydrogen (secondary N) is 1. The van der Waals surface area contributed by atoms with Crippen LogP contribution in [0.4, 0.5) is 0 Å². The van der Waals surface area contributed by atoms with Gasteiger partial charge in [-0.15, -0.1) is 0 Å². The van der Waals surface area contributed by atoms with Crippen LogP contribution in [0.1, 0.15) is 41.4 Å². The quantitative estimate of drug-likeness (QED) is 0.785. The van der Waals surface area contributed by atoms with Crippen LogP contribution in [0.15, 0.2) is 47.5 Å². The molecule has 1 atom stereocenters. The maximum Gasteiger partial charge on any atom is 0.259 e. The molecule has 2 aromatic heterocycles. The number of imidazole rings is 1. The highest BCUT2D eigenvalue weighted by Crippen LogP contribution is 2.32. The minimum absolute atomic E-state index is 0.0868. The van der Waals surface area contributed by atoms with Gasteiger partial charge < -0.3 is 14.6 Å². The summed E-state index contributed by atoms with van der Waals surface area (Å²) in [5.41, 5.74) is 1.10. The first-order chi connectivity index (χ1) is 12.7. The summed E-state index contributed by atoms with van der Waals surface area (Å²) in [5.74, 6) is 0.956. The van der Waals surface area contributed by atoms with E-state index in [0.717, 1.165) is 25.0 Å². The number of nitrogens with zero attached hydrogens (tertiary/aromatic N) is 3. The third-order valence-corrected chi connectivity index (χ3v) is 4.87. The largest absolute Gasteiger partial charge is 0.496 e. The van der Waals surface area contributed by atoms with Crippen LogP contribution < -0.4 is 10.3 Å². The first-order valence-electron chi connectivity index (χ1n) is 8.69. The second kappa shape index (κ2) is 6.67. The zero-order valence-electron chi connectivity index (χ0n) is 14.5. The van der Waals surface area contributed by atoms with Gasteiger partial charge in [-0.2, -0.15) is 0 Å². The molecule has 0 bridgehead atoms.